The highest BCUT2D eigenvalue weighted by Crippen LogP contribution is 2.33. The van der Waals surface area contributed by atoms with Crippen LogP contribution < -0.4 is 4.74 Å². The van der Waals surface area contributed by atoms with Gasteiger partial charge in [-0.05, 0) is 18.6 Å². The van der Waals surface area contributed by atoms with Gasteiger partial charge in [-0.2, -0.15) is 4.31 Å². The number of halogens is 4. The standard InChI is InChI=1S/C11H9F4NO5S/c12-9-7(21-11(13,14)15)2-1-3-8(9)22(19,20)16-5-4-6(16)10(17)18/h1-3,6H,4-5H2,(H,17,18)/t6-/m0/s1. The molecule has 11 heteroatoms. The van der Waals surface area contributed by atoms with E-state index in [1.807, 2.05) is 0 Å². The third-order valence-electron chi connectivity index (χ3n) is 3.00. The highest BCUT2D eigenvalue weighted by atomic mass is 32.2. The van der Waals surface area contributed by atoms with E-state index in [-0.39, 0.29) is 13.0 Å². The Kier molecular flexibility index (Phi) is 4.04. The van der Waals surface area contributed by atoms with E-state index >= 15 is 0 Å². The van der Waals surface area contributed by atoms with Gasteiger partial charge in [0.2, 0.25) is 10.0 Å². The molecule has 0 unspecified atom stereocenters. The molecule has 0 bridgehead atoms. The molecule has 1 atom stereocenters. The fraction of sp³-hybridized carbons (Fsp3) is 0.364. The fourth-order valence-corrected chi connectivity index (χ4v) is 3.62. The third-order valence-corrected chi connectivity index (χ3v) is 4.92. The van der Waals surface area contributed by atoms with Crippen molar-refractivity contribution in [1.82, 2.24) is 4.31 Å². The number of carboxylic acid groups (broad SMARTS) is 1. The Labute approximate surface area is 122 Å². The number of nitrogens with zero attached hydrogens (tertiary/aromatic N) is 1. The summed E-state index contributed by atoms with van der Waals surface area (Å²) in [5, 5.41) is 8.82. The Hall–Kier alpha value is -1.88. The lowest BCUT2D eigenvalue weighted by atomic mass is 10.1. The van der Waals surface area contributed by atoms with Crippen LogP contribution in [-0.2, 0) is 14.8 Å². The van der Waals surface area contributed by atoms with Crippen molar-refractivity contribution in [3.05, 3.63) is 24.0 Å². The summed E-state index contributed by atoms with van der Waals surface area (Å²) in [6, 6.07) is 0.862. The average Bonchev–Trinajstić information content (AvgIpc) is 2.26. The molecule has 1 aromatic carbocycles. The first-order valence-corrected chi connectivity index (χ1v) is 7.27. The fourth-order valence-electron chi connectivity index (χ4n) is 1.92. The minimum absolute atomic E-state index is 0.0366. The molecule has 6 nitrogen and oxygen atoms in total. The summed E-state index contributed by atoms with van der Waals surface area (Å²) < 4.78 is 78.6. The summed E-state index contributed by atoms with van der Waals surface area (Å²) >= 11 is 0. The molecule has 0 aromatic heterocycles. The van der Waals surface area contributed by atoms with Gasteiger partial charge in [-0.3, -0.25) is 4.79 Å². The summed E-state index contributed by atoms with van der Waals surface area (Å²) in [6.45, 7) is -0.164. The first kappa shape index (κ1) is 16.5. The molecule has 1 aliphatic heterocycles. The summed E-state index contributed by atoms with van der Waals surface area (Å²) in [4.78, 5) is 9.77. The molecule has 0 aliphatic carbocycles. The van der Waals surface area contributed by atoms with E-state index in [9.17, 15) is 30.8 Å². The molecule has 1 aliphatic rings. The van der Waals surface area contributed by atoms with Crippen LogP contribution in [0.4, 0.5) is 17.6 Å². The van der Waals surface area contributed by atoms with Crippen molar-refractivity contribution in [3.63, 3.8) is 0 Å². The monoisotopic (exact) mass is 343 g/mol. The van der Waals surface area contributed by atoms with Gasteiger partial charge in [-0.1, -0.05) is 6.07 Å². The number of benzene rings is 1. The number of carboxylic acids is 1. The number of ether oxygens (including phenoxy) is 1. The highest BCUT2D eigenvalue weighted by molar-refractivity contribution is 7.89. The van der Waals surface area contributed by atoms with Crippen LogP contribution in [0, 0.1) is 5.82 Å². The lowest BCUT2D eigenvalue weighted by Crippen LogP contribution is -2.55. The molecule has 122 valence electrons. The molecule has 0 spiro atoms. The average molecular weight is 343 g/mol. The van der Waals surface area contributed by atoms with E-state index < -0.39 is 44.9 Å². The second-order valence-corrected chi connectivity index (χ2v) is 6.23. The second kappa shape index (κ2) is 5.39. The number of hydrogen-bond donors (Lipinski definition) is 1. The van der Waals surface area contributed by atoms with E-state index in [4.69, 9.17) is 5.11 Å². The largest absolute Gasteiger partial charge is 0.573 e. The van der Waals surface area contributed by atoms with Crippen LogP contribution in [0.25, 0.3) is 0 Å². The highest BCUT2D eigenvalue weighted by Gasteiger charge is 2.44. The Morgan fingerprint density at radius 1 is 1.36 bits per heavy atom. The van der Waals surface area contributed by atoms with Crippen LogP contribution in [0.2, 0.25) is 0 Å². The Morgan fingerprint density at radius 2 is 2.00 bits per heavy atom. The predicted molar refractivity (Wildman–Crippen MR) is 63.0 cm³/mol. The van der Waals surface area contributed by atoms with Crippen LogP contribution in [0.1, 0.15) is 6.42 Å². The summed E-state index contributed by atoms with van der Waals surface area (Å²) in [6.07, 6.45) is -5.15. The number of sulfonamides is 1. The van der Waals surface area contributed by atoms with Crippen LogP contribution >= 0.6 is 0 Å². The van der Waals surface area contributed by atoms with Gasteiger partial charge in [0.1, 0.15) is 10.9 Å². The predicted octanol–water partition coefficient (Wildman–Crippen LogP) is 1.57. The third kappa shape index (κ3) is 2.99. The van der Waals surface area contributed by atoms with E-state index in [0.717, 1.165) is 12.1 Å². The van der Waals surface area contributed by atoms with E-state index in [0.29, 0.717) is 10.4 Å². The quantitative estimate of drug-likeness (QED) is 0.839. The molecule has 1 N–H and O–H groups in total. The van der Waals surface area contributed by atoms with Crippen molar-refractivity contribution in [2.75, 3.05) is 6.54 Å². The van der Waals surface area contributed by atoms with Gasteiger partial charge in [0.25, 0.3) is 0 Å². The lowest BCUT2D eigenvalue weighted by molar-refractivity contribution is -0.275. The molecule has 1 saturated heterocycles. The number of rotatable bonds is 4. The van der Waals surface area contributed by atoms with Crippen LogP contribution in [0.3, 0.4) is 0 Å². The van der Waals surface area contributed by atoms with E-state index in [1.54, 1.807) is 0 Å². The normalized spacial score (nSPS) is 19.5. The molecular weight excluding hydrogens is 334 g/mol. The summed E-state index contributed by atoms with van der Waals surface area (Å²) in [5.41, 5.74) is 0. The molecule has 1 aromatic rings. The lowest BCUT2D eigenvalue weighted by Gasteiger charge is -2.36. The van der Waals surface area contributed by atoms with Crippen molar-refractivity contribution < 1.29 is 40.6 Å². The Morgan fingerprint density at radius 3 is 2.45 bits per heavy atom. The minimum Gasteiger partial charge on any atom is -0.480 e. The van der Waals surface area contributed by atoms with Gasteiger partial charge >= 0.3 is 12.3 Å². The maximum Gasteiger partial charge on any atom is 0.573 e. The summed E-state index contributed by atoms with van der Waals surface area (Å²) in [5.74, 6) is -4.45. The zero-order chi connectivity index (χ0) is 16.7. The van der Waals surface area contributed by atoms with Crippen LogP contribution in [0.15, 0.2) is 23.1 Å². The summed E-state index contributed by atoms with van der Waals surface area (Å²) in [7, 11) is -4.58. The number of carbonyl (C=O) groups is 1. The van der Waals surface area contributed by atoms with Crippen molar-refractivity contribution >= 4 is 16.0 Å². The Bertz CT molecular complexity index is 703. The molecule has 2 rings (SSSR count). The molecule has 1 fully saturated rings. The molecule has 1 heterocycles. The number of aliphatic carboxylic acids is 1. The number of hydrogen-bond acceptors (Lipinski definition) is 4. The van der Waals surface area contributed by atoms with Gasteiger partial charge in [-0.15, -0.1) is 13.2 Å². The van der Waals surface area contributed by atoms with E-state index in [1.165, 1.54) is 0 Å². The first-order valence-electron chi connectivity index (χ1n) is 5.83. The minimum atomic E-state index is -5.19. The van der Waals surface area contributed by atoms with Crippen LogP contribution in [0.5, 0.6) is 5.75 Å². The van der Waals surface area contributed by atoms with Crippen molar-refractivity contribution in [3.8, 4) is 5.75 Å². The van der Waals surface area contributed by atoms with E-state index in [2.05, 4.69) is 4.74 Å². The SMILES string of the molecule is O=C(O)[C@@H]1CCN1S(=O)(=O)c1cccc(OC(F)(F)F)c1F. The zero-order valence-corrected chi connectivity index (χ0v) is 11.5. The molecule has 0 radical (unpaired) electrons. The van der Waals surface area contributed by atoms with Gasteiger partial charge in [0, 0.05) is 6.54 Å². The maximum atomic E-state index is 14.0. The molecule has 22 heavy (non-hydrogen) atoms. The van der Waals surface area contributed by atoms with Gasteiger partial charge in [0.05, 0.1) is 0 Å². The molecule has 0 saturated carbocycles. The van der Waals surface area contributed by atoms with Gasteiger partial charge < -0.3 is 9.84 Å². The smallest absolute Gasteiger partial charge is 0.480 e. The maximum absolute atomic E-state index is 14.0. The van der Waals surface area contributed by atoms with Crippen molar-refractivity contribution in [2.45, 2.75) is 23.7 Å². The first-order chi connectivity index (χ1) is 10.0. The second-order valence-electron chi connectivity index (χ2n) is 4.37. The molecule has 0 amide bonds. The number of alkyl halides is 3. The molecular formula is C11H9F4NO5S. The van der Waals surface area contributed by atoms with Crippen molar-refractivity contribution in [2.24, 2.45) is 0 Å². The van der Waals surface area contributed by atoms with Crippen LogP contribution in [-0.4, -0.2) is 42.7 Å². The van der Waals surface area contributed by atoms with Gasteiger partial charge in [0.15, 0.2) is 11.6 Å². The zero-order valence-electron chi connectivity index (χ0n) is 10.7. The topological polar surface area (TPSA) is 83.9 Å². The van der Waals surface area contributed by atoms with Gasteiger partial charge in [-0.25, -0.2) is 12.8 Å². The van der Waals surface area contributed by atoms with Crippen molar-refractivity contribution in [1.29, 1.82) is 0 Å². The Balaban J connectivity index is 2.40.